The molecule has 0 aliphatic rings. The number of hydrogen-bond acceptors (Lipinski definition) is 6. The van der Waals surface area contributed by atoms with Crippen LogP contribution in [0.4, 0.5) is 11.4 Å². The number of nitrogens with one attached hydrogen (secondary N) is 2. The SMILES string of the molecule is Cc1[nH]c2cc(OCCN(CCO)c3ccccc3NS(C)(=O)=O)ccc2c1CC(=O)O. The topological polar surface area (TPSA) is 132 Å². The van der Waals surface area contributed by atoms with Crippen LogP contribution in [0.15, 0.2) is 42.5 Å². The van der Waals surface area contributed by atoms with Gasteiger partial charge >= 0.3 is 5.97 Å². The number of sulfonamides is 1. The van der Waals surface area contributed by atoms with Crippen molar-refractivity contribution in [3.8, 4) is 5.75 Å². The van der Waals surface area contributed by atoms with Gasteiger partial charge in [-0.3, -0.25) is 9.52 Å². The van der Waals surface area contributed by atoms with Gasteiger partial charge in [-0.05, 0) is 36.8 Å². The van der Waals surface area contributed by atoms with Gasteiger partial charge in [-0.2, -0.15) is 0 Å². The van der Waals surface area contributed by atoms with Crippen molar-refractivity contribution in [1.29, 1.82) is 0 Å². The summed E-state index contributed by atoms with van der Waals surface area (Å²) in [5, 5.41) is 19.4. The molecule has 0 atom stereocenters. The molecular formula is C22H27N3O6S. The Kier molecular flexibility index (Phi) is 7.26. The van der Waals surface area contributed by atoms with Gasteiger partial charge in [0.15, 0.2) is 0 Å². The Labute approximate surface area is 186 Å². The Morgan fingerprint density at radius 1 is 1.19 bits per heavy atom. The van der Waals surface area contributed by atoms with Gasteiger partial charge in [0, 0.05) is 29.2 Å². The molecule has 3 aromatic rings. The van der Waals surface area contributed by atoms with Crippen molar-refractivity contribution in [3.05, 3.63) is 53.7 Å². The fourth-order valence-corrected chi connectivity index (χ4v) is 4.19. The number of carboxylic acids is 1. The van der Waals surface area contributed by atoms with Crippen LogP contribution in [0.1, 0.15) is 11.3 Å². The van der Waals surface area contributed by atoms with E-state index in [1.165, 1.54) is 0 Å². The minimum absolute atomic E-state index is 0.0525. The van der Waals surface area contributed by atoms with E-state index >= 15 is 0 Å². The first-order chi connectivity index (χ1) is 15.2. The van der Waals surface area contributed by atoms with E-state index in [4.69, 9.17) is 9.84 Å². The van der Waals surface area contributed by atoms with Crippen LogP contribution in [-0.2, 0) is 21.2 Å². The van der Waals surface area contributed by atoms with Crippen molar-refractivity contribution < 1.29 is 28.2 Å². The number of aliphatic hydroxyl groups excluding tert-OH is 1. The molecule has 4 N–H and O–H groups in total. The molecule has 1 heterocycles. The lowest BCUT2D eigenvalue weighted by molar-refractivity contribution is -0.136. The number of aryl methyl sites for hydroxylation is 1. The lowest BCUT2D eigenvalue weighted by Gasteiger charge is -2.26. The van der Waals surface area contributed by atoms with Gasteiger partial charge in [0.25, 0.3) is 0 Å². The number of carboxylic acid groups (broad SMARTS) is 1. The van der Waals surface area contributed by atoms with Gasteiger partial charge in [-0.25, -0.2) is 8.42 Å². The predicted octanol–water partition coefficient (Wildman–Crippen LogP) is 2.35. The van der Waals surface area contributed by atoms with Gasteiger partial charge in [-0.15, -0.1) is 0 Å². The van der Waals surface area contributed by atoms with Crippen LogP contribution >= 0.6 is 0 Å². The highest BCUT2D eigenvalue weighted by molar-refractivity contribution is 7.92. The van der Waals surface area contributed by atoms with Crippen LogP contribution < -0.4 is 14.4 Å². The van der Waals surface area contributed by atoms with Crippen LogP contribution in [0.5, 0.6) is 5.75 Å². The van der Waals surface area contributed by atoms with Crippen LogP contribution in [0.25, 0.3) is 10.9 Å². The van der Waals surface area contributed by atoms with Crippen LogP contribution in [0, 0.1) is 6.92 Å². The minimum atomic E-state index is -3.45. The third-order valence-corrected chi connectivity index (χ3v) is 5.55. The summed E-state index contributed by atoms with van der Waals surface area (Å²) in [7, 11) is -3.45. The number of aliphatic hydroxyl groups is 1. The maximum atomic E-state index is 11.7. The third kappa shape index (κ3) is 5.92. The molecule has 0 saturated carbocycles. The lowest BCUT2D eigenvalue weighted by Crippen LogP contribution is -2.32. The van der Waals surface area contributed by atoms with E-state index in [1.54, 1.807) is 30.3 Å². The number of carbonyl (C=O) groups is 1. The molecule has 0 radical (unpaired) electrons. The number of anilines is 2. The van der Waals surface area contributed by atoms with Crippen molar-refractivity contribution in [1.82, 2.24) is 4.98 Å². The van der Waals surface area contributed by atoms with Crippen LogP contribution in [0.2, 0.25) is 0 Å². The van der Waals surface area contributed by atoms with Crippen LogP contribution in [0.3, 0.4) is 0 Å². The van der Waals surface area contributed by atoms with Crippen molar-refractivity contribution in [3.63, 3.8) is 0 Å². The van der Waals surface area contributed by atoms with E-state index < -0.39 is 16.0 Å². The fraction of sp³-hybridized carbons (Fsp3) is 0.318. The Bertz CT molecular complexity index is 1210. The lowest BCUT2D eigenvalue weighted by atomic mass is 10.1. The summed E-state index contributed by atoms with van der Waals surface area (Å²) in [6.45, 7) is 2.75. The van der Waals surface area contributed by atoms with Gasteiger partial charge in [0.1, 0.15) is 12.4 Å². The summed E-state index contributed by atoms with van der Waals surface area (Å²) in [5.74, 6) is -0.268. The van der Waals surface area contributed by atoms with E-state index in [0.29, 0.717) is 36.8 Å². The minimum Gasteiger partial charge on any atom is -0.492 e. The first-order valence-electron chi connectivity index (χ1n) is 10.1. The number of hydrogen-bond donors (Lipinski definition) is 4. The van der Waals surface area contributed by atoms with Crippen molar-refractivity contribution in [2.75, 3.05) is 42.2 Å². The average Bonchev–Trinajstić information content (AvgIpc) is 3.00. The molecule has 0 amide bonds. The maximum Gasteiger partial charge on any atom is 0.307 e. The number of aliphatic carboxylic acids is 1. The second kappa shape index (κ2) is 9.92. The van der Waals surface area contributed by atoms with Crippen molar-refractivity contribution in [2.45, 2.75) is 13.3 Å². The molecule has 3 rings (SSSR count). The quantitative estimate of drug-likeness (QED) is 0.345. The Morgan fingerprint density at radius 2 is 1.94 bits per heavy atom. The normalized spacial score (nSPS) is 11.5. The summed E-state index contributed by atoms with van der Waals surface area (Å²) in [6, 6.07) is 12.4. The molecule has 0 saturated heterocycles. The first-order valence-corrected chi connectivity index (χ1v) is 12.0. The molecule has 0 aliphatic carbocycles. The molecule has 32 heavy (non-hydrogen) atoms. The van der Waals surface area contributed by atoms with Gasteiger partial charge in [-0.1, -0.05) is 12.1 Å². The monoisotopic (exact) mass is 461 g/mol. The molecule has 172 valence electrons. The molecular weight excluding hydrogens is 434 g/mol. The highest BCUT2D eigenvalue weighted by Crippen LogP contribution is 2.28. The summed E-state index contributed by atoms with van der Waals surface area (Å²) < 4.78 is 31.8. The second-order valence-corrected chi connectivity index (χ2v) is 9.21. The molecule has 0 bridgehead atoms. The standard InChI is InChI=1S/C22H27N3O6S/c1-15-18(14-22(27)28)17-8-7-16(13-20(17)23-15)31-12-10-25(9-11-26)21-6-4-3-5-19(21)24-32(2,29)30/h3-8,13,23-24,26H,9-12,14H2,1-2H3,(H,27,28). The highest BCUT2D eigenvalue weighted by atomic mass is 32.2. The predicted molar refractivity (Wildman–Crippen MR) is 124 cm³/mol. The molecule has 10 heteroatoms. The molecule has 0 fully saturated rings. The number of ether oxygens (including phenoxy) is 1. The largest absolute Gasteiger partial charge is 0.492 e. The Morgan fingerprint density at radius 3 is 2.62 bits per heavy atom. The van der Waals surface area contributed by atoms with E-state index in [2.05, 4.69) is 9.71 Å². The summed E-state index contributed by atoms with van der Waals surface area (Å²) in [4.78, 5) is 16.1. The molecule has 0 spiro atoms. The molecule has 9 nitrogen and oxygen atoms in total. The van der Waals surface area contributed by atoms with E-state index in [9.17, 15) is 18.3 Å². The van der Waals surface area contributed by atoms with E-state index in [-0.39, 0.29) is 13.0 Å². The third-order valence-electron chi connectivity index (χ3n) is 4.96. The Hall–Kier alpha value is -3.24. The Balaban J connectivity index is 1.73. The van der Waals surface area contributed by atoms with Gasteiger partial charge in [0.05, 0.1) is 37.2 Å². The number of aromatic nitrogens is 1. The molecule has 0 aliphatic heterocycles. The van der Waals surface area contributed by atoms with Crippen molar-refractivity contribution >= 4 is 38.3 Å². The maximum absolute atomic E-state index is 11.7. The van der Waals surface area contributed by atoms with E-state index in [0.717, 1.165) is 28.4 Å². The number of nitrogens with zero attached hydrogens (tertiary/aromatic N) is 1. The zero-order valence-corrected chi connectivity index (χ0v) is 18.8. The molecule has 0 unspecified atom stereocenters. The average molecular weight is 462 g/mol. The highest BCUT2D eigenvalue weighted by Gasteiger charge is 2.15. The van der Waals surface area contributed by atoms with E-state index in [1.807, 2.05) is 24.0 Å². The van der Waals surface area contributed by atoms with Crippen LogP contribution in [-0.4, -0.2) is 62.1 Å². The van der Waals surface area contributed by atoms with Crippen molar-refractivity contribution in [2.24, 2.45) is 0 Å². The molecule has 1 aromatic heterocycles. The number of para-hydroxylation sites is 2. The summed E-state index contributed by atoms with van der Waals surface area (Å²) >= 11 is 0. The number of H-pyrrole nitrogens is 1. The number of rotatable bonds is 11. The smallest absolute Gasteiger partial charge is 0.307 e. The van der Waals surface area contributed by atoms with Gasteiger partial charge in [0.2, 0.25) is 10.0 Å². The zero-order chi connectivity index (χ0) is 23.3. The fourth-order valence-electron chi connectivity index (χ4n) is 3.62. The number of benzene rings is 2. The summed E-state index contributed by atoms with van der Waals surface area (Å²) in [5.41, 5.74) is 3.43. The molecule has 2 aromatic carbocycles. The van der Waals surface area contributed by atoms with Gasteiger partial charge < -0.3 is 24.8 Å². The summed E-state index contributed by atoms with van der Waals surface area (Å²) in [6.07, 6.45) is 1.03. The number of aromatic amines is 1. The second-order valence-electron chi connectivity index (χ2n) is 7.46. The number of fused-ring (bicyclic) bond motifs is 1. The zero-order valence-electron chi connectivity index (χ0n) is 18.0. The first kappa shape index (κ1) is 23.4.